The summed E-state index contributed by atoms with van der Waals surface area (Å²) in [6.07, 6.45) is 5.02. The largest absolute Gasteiger partial charge is 0.475 e. The molecular weight excluding hydrogens is 308 g/mol. The first-order valence-electron chi connectivity index (χ1n) is 5.96. The summed E-state index contributed by atoms with van der Waals surface area (Å²) in [5.74, 6) is 1.39. The number of aromatic nitrogens is 3. The molecule has 0 fully saturated rings. The quantitative estimate of drug-likeness (QED) is 0.916. The monoisotopic (exact) mass is 322 g/mol. The first kappa shape index (κ1) is 13.7. The van der Waals surface area contributed by atoms with Crippen molar-refractivity contribution in [1.82, 2.24) is 15.0 Å². The van der Waals surface area contributed by atoms with Crippen LogP contribution >= 0.6 is 15.9 Å². The van der Waals surface area contributed by atoms with Gasteiger partial charge in [-0.15, -0.1) is 0 Å². The molecule has 0 aliphatic rings. The second kappa shape index (κ2) is 6.47. The highest BCUT2D eigenvalue weighted by Crippen LogP contribution is 2.21. The number of nitrogens with one attached hydrogen (secondary N) is 1. The van der Waals surface area contributed by atoms with Crippen LogP contribution in [0, 0.1) is 0 Å². The van der Waals surface area contributed by atoms with E-state index in [0.29, 0.717) is 12.4 Å². The van der Waals surface area contributed by atoms with Crippen molar-refractivity contribution in [2.45, 2.75) is 26.5 Å². The van der Waals surface area contributed by atoms with Crippen LogP contribution in [0.3, 0.4) is 0 Å². The van der Waals surface area contributed by atoms with Crippen LogP contribution in [0.1, 0.15) is 19.4 Å². The van der Waals surface area contributed by atoms with Crippen LogP contribution in [0.25, 0.3) is 0 Å². The number of nitrogens with zero attached hydrogens (tertiary/aromatic N) is 3. The predicted octanol–water partition coefficient (Wildman–Crippen LogP) is 3.03. The van der Waals surface area contributed by atoms with Crippen LogP contribution in [0.4, 0.5) is 5.82 Å². The van der Waals surface area contributed by atoms with E-state index >= 15 is 0 Å². The molecule has 0 radical (unpaired) electrons. The molecule has 0 spiro atoms. The molecule has 0 aliphatic heterocycles. The van der Waals surface area contributed by atoms with Crippen LogP contribution < -0.4 is 10.1 Å². The summed E-state index contributed by atoms with van der Waals surface area (Å²) in [4.78, 5) is 12.3. The zero-order valence-electron chi connectivity index (χ0n) is 10.8. The van der Waals surface area contributed by atoms with Gasteiger partial charge in [0.25, 0.3) is 0 Å². The number of anilines is 1. The van der Waals surface area contributed by atoms with Crippen LogP contribution in [0.2, 0.25) is 0 Å². The van der Waals surface area contributed by atoms with E-state index in [1.807, 2.05) is 26.0 Å². The normalized spacial score (nSPS) is 10.5. The molecule has 0 saturated heterocycles. The standard InChI is InChI=1S/C13H15BrN4O/c1-9(2)19-13-10(4-3-5-16-13)6-17-12-11(14)7-15-8-18-12/h3-5,7-9H,6H2,1-2H3,(H,15,17,18). The van der Waals surface area contributed by atoms with Gasteiger partial charge in [0, 0.05) is 24.5 Å². The smallest absolute Gasteiger partial charge is 0.218 e. The average molecular weight is 323 g/mol. The molecule has 0 unspecified atom stereocenters. The third-order valence-corrected chi connectivity index (χ3v) is 2.89. The molecular formula is C13H15BrN4O. The van der Waals surface area contributed by atoms with Gasteiger partial charge in [-0.2, -0.15) is 0 Å². The van der Waals surface area contributed by atoms with Crippen LogP contribution in [0.15, 0.2) is 35.3 Å². The summed E-state index contributed by atoms with van der Waals surface area (Å²) in [7, 11) is 0. The fourth-order valence-electron chi connectivity index (χ4n) is 1.51. The minimum atomic E-state index is 0.0967. The fraction of sp³-hybridized carbons (Fsp3) is 0.308. The van der Waals surface area contributed by atoms with Gasteiger partial charge >= 0.3 is 0 Å². The van der Waals surface area contributed by atoms with E-state index in [9.17, 15) is 0 Å². The average Bonchev–Trinajstić information content (AvgIpc) is 2.39. The predicted molar refractivity (Wildman–Crippen MR) is 77.1 cm³/mol. The number of pyridine rings is 1. The highest BCUT2D eigenvalue weighted by Gasteiger charge is 2.07. The molecule has 2 rings (SSSR count). The molecule has 2 heterocycles. The Kier molecular flexibility index (Phi) is 4.68. The van der Waals surface area contributed by atoms with Crippen molar-refractivity contribution in [2.75, 3.05) is 5.32 Å². The van der Waals surface area contributed by atoms with Crippen LogP contribution in [0.5, 0.6) is 5.88 Å². The zero-order chi connectivity index (χ0) is 13.7. The van der Waals surface area contributed by atoms with Crippen molar-refractivity contribution in [3.8, 4) is 5.88 Å². The topological polar surface area (TPSA) is 59.9 Å². The third kappa shape index (κ3) is 3.89. The lowest BCUT2D eigenvalue weighted by molar-refractivity contribution is 0.230. The Morgan fingerprint density at radius 3 is 2.95 bits per heavy atom. The van der Waals surface area contributed by atoms with Crippen molar-refractivity contribution in [3.05, 3.63) is 40.9 Å². The fourth-order valence-corrected chi connectivity index (χ4v) is 1.87. The summed E-state index contributed by atoms with van der Waals surface area (Å²) in [6, 6.07) is 3.87. The van der Waals surface area contributed by atoms with Gasteiger partial charge < -0.3 is 10.1 Å². The van der Waals surface area contributed by atoms with Crippen molar-refractivity contribution < 1.29 is 4.74 Å². The molecule has 2 aromatic heterocycles. The highest BCUT2D eigenvalue weighted by atomic mass is 79.9. The van der Waals surface area contributed by atoms with Crippen molar-refractivity contribution in [2.24, 2.45) is 0 Å². The number of ether oxygens (including phenoxy) is 1. The molecule has 1 N–H and O–H groups in total. The van der Waals surface area contributed by atoms with Crippen LogP contribution in [-0.2, 0) is 6.54 Å². The Bertz CT molecular complexity index is 548. The van der Waals surface area contributed by atoms with Gasteiger partial charge in [-0.1, -0.05) is 6.07 Å². The SMILES string of the molecule is CC(C)Oc1ncccc1CNc1ncncc1Br. The van der Waals surface area contributed by atoms with E-state index in [-0.39, 0.29) is 6.10 Å². The van der Waals surface area contributed by atoms with Crippen molar-refractivity contribution in [3.63, 3.8) is 0 Å². The van der Waals surface area contributed by atoms with Gasteiger partial charge in [0.1, 0.15) is 12.1 Å². The molecule has 0 saturated carbocycles. The van der Waals surface area contributed by atoms with Crippen molar-refractivity contribution in [1.29, 1.82) is 0 Å². The molecule has 6 heteroatoms. The maximum Gasteiger partial charge on any atom is 0.218 e. The summed E-state index contributed by atoms with van der Waals surface area (Å²) < 4.78 is 6.49. The van der Waals surface area contributed by atoms with Gasteiger partial charge in [-0.05, 0) is 35.8 Å². The number of hydrogen-bond donors (Lipinski definition) is 1. The molecule has 0 atom stereocenters. The summed E-state index contributed by atoms with van der Waals surface area (Å²) in [6.45, 7) is 4.55. The lowest BCUT2D eigenvalue weighted by atomic mass is 10.2. The van der Waals surface area contributed by atoms with E-state index in [1.54, 1.807) is 12.4 Å². The minimum Gasteiger partial charge on any atom is -0.475 e. The Labute approximate surface area is 120 Å². The molecule has 2 aromatic rings. The van der Waals surface area contributed by atoms with Gasteiger partial charge in [0.05, 0.1) is 10.6 Å². The highest BCUT2D eigenvalue weighted by molar-refractivity contribution is 9.10. The van der Waals surface area contributed by atoms with E-state index in [4.69, 9.17) is 4.74 Å². The molecule has 100 valence electrons. The van der Waals surface area contributed by atoms with Gasteiger partial charge in [-0.25, -0.2) is 15.0 Å². The molecule has 0 aromatic carbocycles. The maximum atomic E-state index is 5.67. The van der Waals surface area contributed by atoms with E-state index in [1.165, 1.54) is 6.33 Å². The first-order chi connectivity index (χ1) is 9.16. The molecule has 5 nitrogen and oxygen atoms in total. The molecule has 0 bridgehead atoms. The summed E-state index contributed by atoms with van der Waals surface area (Å²) in [5, 5.41) is 3.22. The minimum absolute atomic E-state index is 0.0967. The third-order valence-electron chi connectivity index (χ3n) is 2.31. The second-order valence-electron chi connectivity index (χ2n) is 4.21. The Morgan fingerprint density at radius 2 is 2.21 bits per heavy atom. The second-order valence-corrected chi connectivity index (χ2v) is 5.06. The molecule has 19 heavy (non-hydrogen) atoms. The molecule has 0 aliphatic carbocycles. The number of rotatable bonds is 5. The lowest BCUT2D eigenvalue weighted by Crippen LogP contribution is -2.11. The maximum absolute atomic E-state index is 5.67. The zero-order valence-corrected chi connectivity index (χ0v) is 12.4. The Balaban J connectivity index is 2.09. The van der Waals surface area contributed by atoms with E-state index in [0.717, 1.165) is 15.9 Å². The molecule has 0 amide bonds. The summed E-state index contributed by atoms with van der Waals surface area (Å²) >= 11 is 3.39. The number of hydrogen-bond acceptors (Lipinski definition) is 5. The van der Waals surface area contributed by atoms with E-state index in [2.05, 4.69) is 36.2 Å². The number of halogens is 1. The van der Waals surface area contributed by atoms with Crippen molar-refractivity contribution >= 4 is 21.7 Å². The first-order valence-corrected chi connectivity index (χ1v) is 6.76. The summed E-state index contributed by atoms with van der Waals surface area (Å²) in [5.41, 5.74) is 0.988. The van der Waals surface area contributed by atoms with Crippen LogP contribution in [-0.4, -0.2) is 21.1 Å². The van der Waals surface area contributed by atoms with Gasteiger partial charge in [0.15, 0.2) is 0 Å². The van der Waals surface area contributed by atoms with Gasteiger partial charge in [0.2, 0.25) is 5.88 Å². The van der Waals surface area contributed by atoms with Gasteiger partial charge in [-0.3, -0.25) is 0 Å². The Morgan fingerprint density at radius 1 is 1.37 bits per heavy atom. The Hall–Kier alpha value is -1.69. The van der Waals surface area contributed by atoms with E-state index < -0.39 is 0 Å². The lowest BCUT2D eigenvalue weighted by Gasteiger charge is -2.13.